The van der Waals surface area contributed by atoms with E-state index < -0.39 is 18.0 Å². The third-order valence-corrected chi connectivity index (χ3v) is 4.12. The third-order valence-electron chi connectivity index (χ3n) is 4.12. The number of para-hydroxylation sites is 1. The number of nitrogens with zero attached hydrogens (tertiary/aromatic N) is 1. The Kier molecular flexibility index (Phi) is 5.17. The van der Waals surface area contributed by atoms with Crippen LogP contribution in [0.5, 0.6) is 0 Å². The van der Waals surface area contributed by atoms with Crippen molar-refractivity contribution in [2.75, 3.05) is 23.9 Å². The Morgan fingerprint density at radius 2 is 1.88 bits per heavy atom. The molecule has 7 nitrogen and oxygen atoms in total. The average Bonchev–Trinajstić information content (AvgIpc) is 3.02. The summed E-state index contributed by atoms with van der Waals surface area (Å²) < 4.78 is 4.65. The largest absolute Gasteiger partial charge is 0.465 e. The normalized spacial score (nSPS) is 16.3. The lowest BCUT2D eigenvalue weighted by Crippen LogP contribution is -2.43. The minimum atomic E-state index is -0.584. The highest BCUT2D eigenvalue weighted by atomic mass is 16.5. The van der Waals surface area contributed by atoms with Crippen molar-refractivity contribution in [2.24, 2.45) is 0 Å². The molecule has 0 aromatic heterocycles. The molecule has 7 heteroatoms. The number of nitrogens with one attached hydrogen (secondary N) is 2. The van der Waals surface area contributed by atoms with Gasteiger partial charge in [0.15, 0.2) is 0 Å². The van der Waals surface area contributed by atoms with Crippen LogP contribution in [-0.2, 0) is 9.53 Å². The Hall–Kier alpha value is -3.35. The highest BCUT2D eigenvalue weighted by Gasteiger charge is 2.33. The van der Waals surface area contributed by atoms with Gasteiger partial charge in [-0.05, 0) is 36.8 Å². The van der Waals surface area contributed by atoms with E-state index in [-0.39, 0.29) is 5.91 Å². The zero-order chi connectivity index (χ0) is 18.5. The molecule has 134 valence electrons. The Bertz CT molecular complexity index is 823. The van der Waals surface area contributed by atoms with Gasteiger partial charge >= 0.3 is 12.0 Å². The molecule has 1 atom stereocenters. The molecule has 0 saturated carbocycles. The molecule has 2 aromatic rings. The van der Waals surface area contributed by atoms with E-state index in [2.05, 4.69) is 15.4 Å². The van der Waals surface area contributed by atoms with Gasteiger partial charge < -0.3 is 20.3 Å². The fourth-order valence-corrected chi connectivity index (χ4v) is 2.85. The molecule has 1 saturated heterocycles. The van der Waals surface area contributed by atoms with Crippen molar-refractivity contribution in [1.82, 2.24) is 5.32 Å². The number of benzene rings is 2. The molecule has 26 heavy (non-hydrogen) atoms. The summed E-state index contributed by atoms with van der Waals surface area (Å²) in [7, 11) is 1.29. The molecule has 3 rings (SSSR count). The van der Waals surface area contributed by atoms with E-state index in [0.29, 0.717) is 24.2 Å². The number of ether oxygens (including phenoxy) is 1. The molecule has 1 aliphatic rings. The number of anilines is 2. The van der Waals surface area contributed by atoms with Crippen molar-refractivity contribution in [2.45, 2.75) is 12.5 Å². The molecular formula is C19H19N3O4. The van der Waals surface area contributed by atoms with E-state index in [1.807, 2.05) is 30.3 Å². The van der Waals surface area contributed by atoms with Crippen molar-refractivity contribution >= 4 is 29.3 Å². The Morgan fingerprint density at radius 1 is 1.12 bits per heavy atom. The van der Waals surface area contributed by atoms with Crippen molar-refractivity contribution in [3.63, 3.8) is 0 Å². The molecule has 1 fully saturated rings. The number of hydrogen-bond donors (Lipinski definition) is 2. The van der Waals surface area contributed by atoms with Crippen LogP contribution in [0.15, 0.2) is 54.6 Å². The maximum atomic E-state index is 12.5. The average molecular weight is 353 g/mol. The SMILES string of the molecule is COC(=O)c1cccc(NC(=O)N[C@H]2CCN(c3ccccc3)C2=O)c1. The summed E-state index contributed by atoms with van der Waals surface area (Å²) >= 11 is 0. The zero-order valence-electron chi connectivity index (χ0n) is 14.3. The van der Waals surface area contributed by atoms with Gasteiger partial charge in [0.2, 0.25) is 5.91 Å². The predicted octanol–water partition coefficient (Wildman–Crippen LogP) is 2.40. The topological polar surface area (TPSA) is 87.7 Å². The van der Waals surface area contributed by atoms with Crippen LogP contribution in [0, 0.1) is 0 Å². The van der Waals surface area contributed by atoms with Crippen molar-refractivity contribution < 1.29 is 19.1 Å². The van der Waals surface area contributed by atoms with Gasteiger partial charge in [0, 0.05) is 17.9 Å². The number of hydrogen-bond acceptors (Lipinski definition) is 4. The fraction of sp³-hybridized carbons (Fsp3) is 0.211. The first-order valence-electron chi connectivity index (χ1n) is 8.21. The first-order chi connectivity index (χ1) is 12.6. The Morgan fingerprint density at radius 3 is 2.62 bits per heavy atom. The molecule has 0 aliphatic carbocycles. The number of methoxy groups -OCH3 is 1. The second kappa shape index (κ2) is 7.69. The molecule has 1 aliphatic heterocycles. The lowest BCUT2D eigenvalue weighted by atomic mass is 10.2. The number of carbonyl (C=O) groups is 3. The van der Waals surface area contributed by atoms with Crippen LogP contribution in [-0.4, -0.2) is 37.6 Å². The zero-order valence-corrected chi connectivity index (χ0v) is 14.3. The third kappa shape index (κ3) is 3.83. The summed E-state index contributed by atoms with van der Waals surface area (Å²) in [4.78, 5) is 37.9. The monoisotopic (exact) mass is 353 g/mol. The van der Waals surface area contributed by atoms with E-state index in [1.165, 1.54) is 13.2 Å². The standard InChI is InChI=1S/C19H19N3O4/c1-26-18(24)13-6-5-7-14(12-13)20-19(25)21-16-10-11-22(17(16)23)15-8-3-2-4-9-15/h2-9,12,16H,10-11H2,1H3,(H2,20,21,25)/t16-/m0/s1. The van der Waals surface area contributed by atoms with Crippen LogP contribution in [0.2, 0.25) is 0 Å². The van der Waals surface area contributed by atoms with Gasteiger partial charge in [-0.25, -0.2) is 9.59 Å². The smallest absolute Gasteiger partial charge is 0.337 e. The predicted molar refractivity (Wildman–Crippen MR) is 97.1 cm³/mol. The number of amides is 3. The van der Waals surface area contributed by atoms with E-state index in [0.717, 1.165) is 5.69 Å². The number of carbonyl (C=O) groups excluding carboxylic acids is 3. The summed E-state index contributed by atoms with van der Waals surface area (Å²) in [5.74, 6) is -0.631. The van der Waals surface area contributed by atoms with Gasteiger partial charge in [-0.3, -0.25) is 4.79 Å². The molecule has 0 unspecified atom stereocenters. The summed E-state index contributed by atoms with van der Waals surface area (Å²) in [5, 5.41) is 5.32. The summed E-state index contributed by atoms with van der Waals surface area (Å²) in [6.45, 7) is 0.547. The van der Waals surface area contributed by atoms with Gasteiger partial charge in [-0.1, -0.05) is 24.3 Å². The Balaban J connectivity index is 1.61. The van der Waals surface area contributed by atoms with Crippen LogP contribution < -0.4 is 15.5 Å². The minimum absolute atomic E-state index is 0.144. The number of esters is 1. The first-order valence-corrected chi connectivity index (χ1v) is 8.21. The molecule has 2 N–H and O–H groups in total. The van der Waals surface area contributed by atoms with Crippen molar-refractivity contribution in [3.8, 4) is 0 Å². The number of urea groups is 1. The van der Waals surface area contributed by atoms with Gasteiger partial charge in [0.05, 0.1) is 12.7 Å². The molecule has 0 bridgehead atoms. The quantitative estimate of drug-likeness (QED) is 0.826. The van der Waals surface area contributed by atoms with Crippen LogP contribution in [0.25, 0.3) is 0 Å². The van der Waals surface area contributed by atoms with Gasteiger partial charge in [0.1, 0.15) is 6.04 Å². The van der Waals surface area contributed by atoms with E-state index in [1.54, 1.807) is 23.1 Å². The second-order valence-electron chi connectivity index (χ2n) is 5.84. The fourth-order valence-electron chi connectivity index (χ4n) is 2.85. The highest BCUT2D eigenvalue weighted by Crippen LogP contribution is 2.21. The first kappa shape index (κ1) is 17.5. The molecule has 2 aromatic carbocycles. The summed E-state index contributed by atoms with van der Waals surface area (Å²) in [6.07, 6.45) is 0.531. The molecule has 0 radical (unpaired) electrons. The number of rotatable bonds is 4. The summed E-state index contributed by atoms with van der Waals surface area (Å²) in [6, 6.07) is 14.6. The van der Waals surface area contributed by atoms with Crippen molar-refractivity contribution in [1.29, 1.82) is 0 Å². The highest BCUT2D eigenvalue weighted by molar-refractivity contribution is 6.02. The van der Waals surface area contributed by atoms with Crippen molar-refractivity contribution in [3.05, 3.63) is 60.2 Å². The molecule has 3 amide bonds. The lowest BCUT2D eigenvalue weighted by molar-refractivity contribution is -0.118. The molecule has 1 heterocycles. The van der Waals surface area contributed by atoms with Crippen LogP contribution in [0.3, 0.4) is 0 Å². The van der Waals surface area contributed by atoms with Gasteiger partial charge in [-0.15, -0.1) is 0 Å². The summed E-state index contributed by atoms with van der Waals surface area (Å²) in [5.41, 5.74) is 1.58. The van der Waals surface area contributed by atoms with Gasteiger partial charge in [0.25, 0.3) is 0 Å². The van der Waals surface area contributed by atoms with Crippen LogP contribution in [0.4, 0.5) is 16.2 Å². The maximum absolute atomic E-state index is 12.5. The molecular weight excluding hydrogens is 334 g/mol. The Labute approximate surface area is 150 Å². The van der Waals surface area contributed by atoms with Crippen LogP contribution in [0.1, 0.15) is 16.8 Å². The van der Waals surface area contributed by atoms with E-state index in [9.17, 15) is 14.4 Å². The minimum Gasteiger partial charge on any atom is -0.465 e. The lowest BCUT2D eigenvalue weighted by Gasteiger charge is -2.17. The maximum Gasteiger partial charge on any atom is 0.337 e. The van der Waals surface area contributed by atoms with Crippen LogP contribution >= 0.6 is 0 Å². The van der Waals surface area contributed by atoms with E-state index in [4.69, 9.17) is 0 Å². The second-order valence-corrected chi connectivity index (χ2v) is 5.84. The molecule has 0 spiro atoms. The van der Waals surface area contributed by atoms with Gasteiger partial charge in [-0.2, -0.15) is 0 Å². The van der Waals surface area contributed by atoms with E-state index >= 15 is 0 Å².